The first-order valence-corrected chi connectivity index (χ1v) is 9.48. The van der Waals surface area contributed by atoms with E-state index in [0.717, 1.165) is 27.9 Å². The van der Waals surface area contributed by atoms with E-state index in [1.807, 2.05) is 54.7 Å². The summed E-state index contributed by atoms with van der Waals surface area (Å²) in [5.74, 6) is 0.750. The van der Waals surface area contributed by atoms with Gasteiger partial charge in [-0.2, -0.15) is 0 Å². The van der Waals surface area contributed by atoms with Gasteiger partial charge in [0, 0.05) is 35.1 Å². The summed E-state index contributed by atoms with van der Waals surface area (Å²) >= 11 is 6.19. The summed E-state index contributed by atoms with van der Waals surface area (Å²) in [6.45, 7) is 4.95. The van der Waals surface area contributed by atoms with Crippen molar-refractivity contribution in [3.63, 3.8) is 0 Å². The van der Waals surface area contributed by atoms with Crippen LogP contribution in [0, 0.1) is 5.92 Å². The van der Waals surface area contributed by atoms with Gasteiger partial charge in [0.2, 0.25) is 5.91 Å². The van der Waals surface area contributed by atoms with Crippen LogP contribution in [0.4, 0.5) is 0 Å². The summed E-state index contributed by atoms with van der Waals surface area (Å²) in [7, 11) is 0. The largest absolute Gasteiger partial charge is 0.361 e. The number of benzene rings is 2. The number of carbonyl (C=O) groups is 1. The second-order valence-corrected chi connectivity index (χ2v) is 7.66. The molecule has 0 spiro atoms. The minimum Gasteiger partial charge on any atom is -0.361 e. The molecule has 0 radical (unpaired) electrons. The molecule has 0 fully saturated rings. The number of nitrogens with one attached hydrogen (secondary N) is 2. The number of halogens is 1. The maximum Gasteiger partial charge on any atom is 0.220 e. The van der Waals surface area contributed by atoms with E-state index >= 15 is 0 Å². The van der Waals surface area contributed by atoms with Crippen molar-refractivity contribution in [2.24, 2.45) is 5.92 Å². The molecule has 0 aliphatic carbocycles. The Bertz CT molecular complexity index is 870. The highest BCUT2D eigenvalue weighted by Gasteiger charge is 2.20. The third kappa shape index (κ3) is 4.67. The number of carbonyl (C=O) groups excluding carboxylic acids is 1. The van der Waals surface area contributed by atoms with E-state index in [4.69, 9.17) is 11.6 Å². The molecule has 1 amide bonds. The van der Waals surface area contributed by atoms with Gasteiger partial charge in [0.05, 0.1) is 0 Å². The molecule has 1 atom stereocenters. The highest BCUT2D eigenvalue weighted by molar-refractivity contribution is 6.31. The van der Waals surface area contributed by atoms with Crippen molar-refractivity contribution in [1.29, 1.82) is 0 Å². The Morgan fingerprint density at radius 1 is 1.15 bits per heavy atom. The summed E-state index contributed by atoms with van der Waals surface area (Å²) in [6.07, 6.45) is 3.46. The van der Waals surface area contributed by atoms with E-state index in [-0.39, 0.29) is 11.8 Å². The predicted octanol–water partition coefficient (Wildman–Crippen LogP) is 5.66. The van der Waals surface area contributed by atoms with Gasteiger partial charge >= 0.3 is 0 Å². The number of hydrogen-bond acceptors (Lipinski definition) is 1. The van der Waals surface area contributed by atoms with Crippen LogP contribution in [0.1, 0.15) is 43.7 Å². The van der Waals surface area contributed by atoms with Crippen LogP contribution in [0.2, 0.25) is 5.02 Å². The Labute approximate surface area is 159 Å². The number of amides is 1. The van der Waals surface area contributed by atoms with Crippen LogP contribution in [0.15, 0.2) is 54.7 Å². The molecule has 1 unspecified atom stereocenters. The zero-order valence-corrected chi connectivity index (χ0v) is 16.0. The van der Waals surface area contributed by atoms with Gasteiger partial charge in [-0.05, 0) is 47.6 Å². The zero-order valence-electron chi connectivity index (χ0n) is 15.3. The van der Waals surface area contributed by atoms with Crippen molar-refractivity contribution >= 4 is 28.4 Å². The third-order valence-electron chi connectivity index (χ3n) is 4.64. The molecule has 2 N–H and O–H groups in total. The Balaban J connectivity index is 1.75. The number of rotatable bonds is 7. The SMILES string of the molecule is CC(C)CC(CC(=O)NCc1ccccc1)c1c[nH]c2ccc(Cl)cc12. The second-order valence-electron chi connectivity index (χ2n) is 7.23. The van der Waals surface area contributed by atoms with Gasteiger partial charge < -0.3 is 10.3 Å². The van der Waals surface area contributed by atoms with Crippen molar-refractivity contribution in [2.45, 2.75) is 39.2 Å². The van der Waals surface area contributed by atoms with Crippen molar-refractivity contribution < 1.29 is 4.79 Å². The lowest BCUT2D eigenvalue weighted by atomic mass is 9.87. The third-order valence-corrected chi connectivity index (χ3v) is 4.87. The van der Waals surface area contributed by atoms with Gasteiger partial charge in [-0.1, -0.05) is 55.8 Å². The highest BCUT2D eigenvalue weighted by Crippen LogP contribution is 2.33. The standard InChI is InChI=1S/C22H25ClN2O/c1-15(2)10-17(11-22(26)25-13-16-6-4-3-5-7-16)20-14-24-21-9-8-18(23)12-19(20)21/h3-9,12,14-15,17,24H,10-11,13H2,1-2H3,(H,25,26). The van der Waals surface area contributed by atoms with E-state index in [0.29, 0.717) is 18.9 Å². The minimum absolute atomic E-state index is 0.0795. The van der Waals surface area contributed by atoms with Crippen LogP contribution in [0.5, 0.6) is 0 Å². The smallest absolute Gasteiger partial charge is 0.220 e. The number of fused-ring (bicyclic) bond motifs is 1. The van der Waals surface area contributed by atoms with Gasteiger partial charge in [-0.15, -0.1) is 0 Å². The first-order valence-electron chi connectivity index (χ1n) is 9.10. The minimum atomic E-state index is 0.0795. The fourth-order valence-corrected chi connectivity index (χ4v) is 3.61. The molecule has 4 heteroatoms. The zero-order chi connectivity index (χ0) is 18.5. The summed E-state index contributed by atoms with van der Waals surface area (Å²) in [6, 6.07) is 15.8. The number of H-pyrrole nitrogens is 1. The Hall–Kier alpha value is -2.26. The molecule has 3 aromatic rings. The Kier molecular flexibility index (Phi) is 6.00. The maximum atomic E-state index is 12.6. The summed E-state index contributed by atoms with van der Waals surface area (Å²) in [5.41, 5.74) is 3.34. The van der Waals surface area contributed by atoms with E-state index in [1.165, 1.54) is 5.56 Å². The molecule has 26 heavy (non-hydrogen) atoms. The summed E-state index contributed by atoms with van der Waals surface area (Å²) in [5, 5.41) is 4.88. The fourth-order valence-electron chi connectivity index (χ4n) is 3.43. The number of hydrogen-bond donors (Lipinski definition) is 2. The van der Waals surface area contributed by atoms with Crippen LogP contribution < -0.4 is 5.32 Å². The van der Waals surface area contributed by atoms with Gasteiger partial charge in [0.15, 0.2) is 0 Å². The van der Waals surface area contributed by atoms with Gasteiger partial charge in [0.1, 0.15) is 0 Å². The van der Waals surface area contributed by atoms with E-state index in [9.17, 15) is 4.79 Å². The lowest BCUT2D eigenvalue weighted by Gasteiger charge is -2.19. The van der Waals surface area contributed by atoms with Crippen LogP contribution in [-0.2, 0) is 11.3 Å². The van der Waals surface area contributed by atoms with Crippen molar-refractivity contribution in [1.82, 2.24) is 10.3 Å². The molecular weight excluding hydrogens is 344 g/mol. The van der Waals surface area contributed by atoms with E-state index < -0.39 is 0 Å². The van der Waals surface area contributed by atoms with E-state index in [1.54, 1.807) is 0 Å². The van der Waals surface area contributed by atoms with Gasteiger partial charge in [-0.3, -0.25) is 4.79 Å². The normalized spacial score (nSPS) is 12.5. The molecule has 0 bridgehead atoms. The first kappa shape index (κ1) is 18.5. The van der Waals surface area contributed by atoms with Crippen LogP contribution in [0.25, 0.3) is 10.9 Å². The molecular formula is C22H25ClN2O. The average molecular weight is 369 g/mol. The molecule has 1 aromatic heterocycles. The number of aromatic nitrogens is 1. The molecule has 3 nitrogen and oxygen atoms in total. The predicted molar refractivity (Wildman–Crippen MR) is 108 cm³/mol. The molecule has 0 saturated heterocycles. The lowest BCUT2D eigenvalue weighted by Crippen LogP contribution is -2.25. The van der Waals surface area contributed by atoms with Gasteiger partial charge in [-0.25, -0.2) is 0 Å². The first-order chi connectivity index (χ1) is 12.5. The van der Waals surface area contributed by atoms with Crippen molar-refractivity contribution in [3.8, 4) is 0 Å². The van der Waals surface area contributed by atoms with Crippen LogP contribution >= 0.6 is 11.6 Å². The monoisotopic (exact) mass is 368 g/mol. The van der Waals surface area contributed by atoms with Crippen LogP contribution in [-0.4, -0.2) is 10.9 Å². The van der Waals surface area contributed by atoms with Crippen molar-refractivity contribution in [3.05, 3.63) is 70.9 Å². The summed E-state index contributed by atoms with van der Waals surface area (Å²) in [4.78, 5) is 15.9. The van der Waals surface area contributed by atoms with E-state index in [2.05, 4.69) is 24.1 Å². The Morgan fingerprint density at radius 3 is 2.65 bits per heavy atom. The quantitative estimate of drug-likeness (QED) is 0.555. The number of aromatic amines is 1. The van der Waals surface area contributed by atoms with Crippen molar-refractivity contribution in [2.75, 3.05) is 0 Å². The molecule has 1 heterocycles. The molecule has 136 valence electrons. The maximum absolute atomic E-state index is 12.6. The average Bonchev–Trinajstić information content (AvgIpc) is 3.03. The fraction of sp³-hybridized carbons (Fsp3) is 0.318. The van der Waals surface area contributed by atoms with Gasteiger partial charge in [0.25, 0.3) is 0 Å². The van der Waals surface area contributed by atoms with Crippen LogP contribution in [0.3, 0.4) is 0 Å². The topological polar surface area (TPSA) is 44.9 Å². The lowest BCUT2D eigenvalue weighted by molar-refractivity contribution is -0.121. The second kappa shape index (κ2) is 8.41. The molecule has 0 saturated carbocycles. The highest BCUT2D eigenvalue weighted by atomic mass is 35.5. The molecule has 0 aliphatic rings. The molecule has 2 aromatic carbocycles. The molecule has 0 aliphatic heterocycles. The molecule has 3 rings (SSSR count). The summed E-state index contributed by atoms with van der Waals surface area (Å²) < 4.78 is 0. The Morgan fingerprint density at radius 2 is 1.92 bits per heavy atom.